The molecule has 0 atom stereocenters. The first-order valence-electron chi connectivity index (χ1n) is 9.20. The first-order valence-corrected chi connectivity index (χ1v) is 9.20. The van der Waals surface area contributed by atoms with Crippen molar-refractivity contribution in [1.82, 2.24) is 14.9 Å². The van der Waals surface area contributed by atoms with Crippen LogP contribution in [0.25, 0.3) is 11.0 Å². The topological polar surface area (TPSA) is 56.1 Å². The third-order valence-corrected chi connectivity index (χ3v) is 4.55. The number of hydrogen-bond acceptors (Lipinski definition) is 3. The molecule has 0 radical (unpaired) electrons. The lowest BCUT2D eigenvalue weighted by Crippen LogP contribution is -2.23. The zero-order chi connectivity index (χ0) is 19.2. The maximum atomic E-state index is 11.8. The maximum absolute atomic E-state index is 11.8. The standard InChI is InChI=1S/C23H21N3O2/c27-23(24-14-18-6-2-1-3-7-18)28-16-20-12-10-19(11-13-20)15-26-17-25-21-8-4-5-9-22(21)26/h1-13,17H,14-16H2,(H,24,27). The number of hydrogen-bond donors (Lipinski definition) is 1. The Balaban J connectivity index is 1.29. The number of nitrogens with one attached hydrogen (secondary N) is 1. The largest absolute Gasteiger partial charge is 0.445 e. The molecule has 0 spiro atoms. The summed E-state index contributed by atoms with van der Waals surface area (Å²) in [7, 11) is 0. The quantitative estimate of drug-likeness (QED) is 0.542. The molecule has 0 aliphatic heterocycles. The molecular weight excluding hydrogens is 350 g/mol. The predicted octanol–water partition coefficient (Wildman–Crippen LogP) is 4.51. The zero-order valence-electron chi connectivity index (χ0n) is 15.4. The molecule has 0 bridgehead atoms. The van der Waals surface area contributed by atoms with Gasteiger partial charge in [0.05, 0.1) is 17.4 Å². The highest BCUT2D eigenvalue weighted by atomic mass is 16.5. The minimum Gasteiger partial charge on any atom is -0.445 e. The van der Waals surface area contributed by atoms with Crippen LogP contribution in [0.4, 0.5) is 4.79 Å². The number of ether oxygens (including phenoxy) is 1. The average molecular weight is 371 g/mol. The van der Waals surface area contributed by atoms with Gasteiger partial charge in [0.2, 0.25) is 0 Å². The summed E-state index contributed by atoms with van der Waals surface area (Å²) >= 11 is 0. The van der Waals surface area contributed by atoms with Gasteiger partial charge in [-0.25, -0.2) is 9.78 Å². The van der Waals surface area contributed by atoms with Gasteiger partial charge < -0.3 is 14.6 Å². The molecule has 1 amide bonds. The minimum absolute atomic E-state index is 0.245. The van der Waals surface area contributed by atoms with Gasteiger partial charge in [0, 0.05) is 13.1 Å². The van der Waals surface area contributed by atoms with Gasteiger partial charge in [0.25, 0.3) is 0 Å². The summed E-state index contributed by atoms with van der Waals surface area (Å²) in [5.41, 5.74) is 5.27. The normalized spacial score (nSPS) is 10.7. The minimum atomic E-state index is -0.419. The number of fused-ring (bicyclic) bond motifs is 1. The van der Waals surface area contributed by atoms with Gasteiger partial charge in [-0.05, 0) is 28.8 Å². The molecule has 28 heavy (non-hydrogen) atoms. The molecule has 5 heteroatoms. The van der Waals surface area contributed by atoms with Crippen molar-refractivity contribution < 1.29 is 9.53 Å². The molecule has 1 heterocycles. The molecule has 0 fully saturated rings. The smallest absolute Gasteiger partial charge is 0.407 e. The highest BCUT2D eigenvalue weighted by Crippen LogP contribution is 2.15. The van der Waals surface area contributed by atoms with Crippen LogP contribution in [0.15, 0.2) is 85.2 Å². The molecular formula is C23H21N3O2. The Hall–Kier alpha value is -3.60. The molecule has 4 rings (SSSR count). The fourth-order valence-corrected chi connectivity index (χ4v) is 3.04. The van der Waals surface area contributed by atoms with Crippen molar-refractivity contribution in [3.8, 4) is 0 Å². The average Bonchev–Trinajstić information content (AvgIpc) is 3.15. The second-order valence-electron chi connectivity index (χ2n) is 6.59. The van der Waals surface area contributed by atoms with Crippen molar-refractivity contribution in [3.63, 3.8) is 0 Å². The molecule has 140 valence electrons. The predicted molar refractivity (Wildman–Crippen MR) is 109 cm³/mol. The number of carbonyl (C=O) groups is 1. The second kappa shape index (κ2) is 8.39. The third-order valence-electron chi connectivity index (χ3n) is 4.55. The summed E-state index contributed by atoms with van der Waals surface area (Å²) in [6, 6.07) is 25.9. The van der Waals surface area contributed by atoms with Crippen molar-refractivity contribution in [1.29, 1.82) is 0 Å². The van der Waals surface area contributed by atoms with Gasteiger partial charge in [-0.1, -0.05) is 66.7 Å². The van der Waals surface area contributed by atoms with Crippen LogP contribution in [-0.2, 0) is 24.4 Å². The summed E-state index contributed by atoms with van der Waals surface area (Å²) in [5.74, 6) is 0. The van der Waals surface area contributed by atoms with E-state index in [0.29, 0.717) is 6.54 Å². The van der Waals surface area contributed by atoms with E-state index in [1.807, 2.05) is 67.0 Å². The van der Waals surface area contributed by atoms with Crippen molar-refractivity contribution in [2.45, 2.75) is 19.7 Å². The number of nitrogens with zero attached hydrogens (tertiary/aromatic N) is 2. The van der Waals surface area contributed by atoms with E-state index in [1.54, 1.807) is 0 Å². The Morgan fingerprint density at radius 2 is 1.57 bits per heavy atom. The van der Waals surface area contributed by atoms with Crippen LogP contribution in [0.2, 0.25) is 0 Å². The molecule has 4 aromatic rings. The fraction of sp³-hybridized carbons (Fsp3) is 0.130. The van der Waals surface area contributed by atoms with Crippen LogP contribution in [0.5, 0.6) is 0 Å². The lowest BCUT2D eigenvalue weighted by molar-refractivity contribution is 0.139. The van der Waals surface area contributed by atoms with E-state index in [-0.39, 0.29) is 6.61 Å². The van der Waals surface area contributed by atoms with Crippen molar-refractivity contribution in [3.05, 3.63) is 102 Å². The molecule has 1 aromatic heterocycles. The molecule has 1 N–H and O–H groups in total. The van der Waals surface area contributed by atoms with Gasteiger partial charge in [0.1, 0.15) is 6.61 Å². The summed E-state index contributed by atoms with van der Waals surface area (Å²) < 4.78 is 7.41. The lowest BCUT2D eigenvalue weighted by Gasteiger charge is -2.09. The molecule has 0 saturated carbocycles. The number of benzene rings is 3. The number of alkyl carbamates (subject to hydrolysis) is 1. The first-order chi connectivity index (χ1) is 13.8. The van der Waals surface area contributed by atoms with Gasteiger partial charge in [0.15, 0.2) is 0 Å². The van der Waals surface area contributed by atoms with E-state index < -0.39 is 6.09 Å². The second-order valence-corrected chi connectivity index (χ2v) is 6.59. The van der Waals surface area contributed by atoms with E-state index in [2.05, 4.69) is 33.1 Å². The van der Waals surface area contributed by atoms with Gasteiger partial charge in [-0.3, -0.25) is 0 Å². The zero-order valence-corrected chi connectivity index (χ0v) is 15.4. The highest BCUT2D eigenvalue weighted by molar-refractivity contribution is 5.75. The Bertz CT molecular complexity index is 1060. The van der Waals surface area contributed by atoms with Crippen molar-refractivity contribution in [2.24, 2.45) is 0 Å². The van der Waals surface area contributed by atoms with Crippen molar-refractivity contribution in [2.75, 3.05) is 0 Å². The van der Waals surface area contributed by atoms with Crippen LogP contribution >= 0.6 is 0 Å². The monoisotopic (exact) mass is 371 g/mol. The number of amides is 1. The van der Waals surface area contributed by atoms with Crippen molar-refractivity contribution >= 4 is 17.1 Å². The van der Waals surface area contributed by atoms with Crippen LogP contribution in [0.3, 0.4) is 0 Å². The van der Waals surface area contributed by atoms with Gasteiger partial charge >= 0.3 is 6.09 Å². The summed E-state index contributed by atoms with van der Waals surface area (Å²) in [6.07, 6.45) is 1.44. The van der Waals surface area contributed by atoms with E-state index in [9.17, 15) is 4.79 Å². The van der Waals surface area contributed by atoms with E-state index in [4.69, 9.17) is 4.74 Å². The number of aromatic nitrogens is 2. The van der Waals surface area contributed by atoms with Crippen LogP contribution in [0.1, 0.15) is 16.7 Å². The lowest BCUT2D eigenvalue weighted by atomic mass is 10.1. The SMILES string of the molecule is O=C(NCc1ccccc1)OCc1ccc(Cn2cnc3ccccc32)cc1. The number of imidazole rings is 1. The number of rotatable bonds is 6. The Morgan fingerprint density at radius 1 is 0.857 bits per heavy atom. The molecule has 5 nitrogen and oxygen atoms in total. The fourth-order valence-electron chi connectivity index (χ4n) is 3.04. The van der Waals surface area contributed by atoms with E-state index in [1.165, 1.54) is 5.56 Å². The number of para-hydroxylation sites is 2. The molecule has 0 saturated heterocycles. The van der Waals surface area contributed by atoms with E-state index >= 15 is 0 Å². The highest BCUT2D eigenvalue weighted by Gasteiger charge is 2.05. The van der Waals surface area contributed by atoms with Crippen LogP contribution in [-0.4, -0.2) is 15.6 Å². The Kier molecular flexibility index (Phi) is 5.33. The van der Waals surface area contributed by atoms with E-state index in [0.717, 1.165) is 28.7 Å². The number of carbonyl (C=O) groups excluding carboxylic acids is 1. The Morgan fingerprint density at radius 3 is 2.39 bits per heavy atom. The van der Waals surface area contributed by atoms with Crippen LogP contribution < -0.4 is 5.32 Å². The molecule has 0 aliphatic carbocycles. The van der Waals surface area contributed by atoms with Gasteiger partial charge in [-0.15, -0.1) is 0 Å². The molecule has 0 unspecified atom stereocenters. The Labute approximate surface area is 163 Å². The first kappa shape index (κ1) is 17.8. The third kappa shape index (κ3) is 4.38. The summed E-state index contributed by atoms with van der Waals surface area (Å²) in [5, 5.41) is 2.76. The molecule has 3 aromatic carbocycles. The summed E-state index contributed by atoms with van der Waals surface area (Å²) in [4.78, 5) is 16.3. The van der Waals surface area contributed by atoms with Gasteiger partial charge in [-0.2, -0.15) is 0 Å². The maximum Gasteiger partial charge on any atom is 0.407 e. The van der Waals surface area contributed by atoms with Crippen LogP contribution in [0, 0.1) is 0 Å². The molecule has 0 aliphatic rings. The summed E-state index contributed by atoms with van der Waals surface area (Å²) in [6.45, 7) is 1.45.